The van der Waals surface area contributed by atoms with Crippen molar-refractivity contribution in [1.29, 1.82) is 0 Å². The lowest BCUT2D eigenvalue weighted by atomic mass is 9.96. The van der Waals surface area contributed by atoms with Gasteiger partial charge in [0, 0.05) is 0 Å². The Bertz CT molecular complexity index is 617. The standard InChI is InChI=1S/C15H15ClF2N2/c1-9-6-12(17)4-2-10(9)8-15(20-19)11-3-5-13(16)14(18)7-11/h2-7,15,20H,8,19H2,1H3. The van der Waals surface area contributed by atoms with Crippen LogP contribution in [-0.2, 0) is 6.42 Å². The van der Waals surface area contributed by atoms with Crippen molar-refractivity contribution >= 4 is 11.6 Å². The lowest BCUT2D eigenvalue weighted by molar-refractivity contribution is 0.542. The fourth-order valence-electron chi connectivity index (χ4n) is 2.11. The van der Waals surface area contributed by atoms with E-state index in [4.69, 9.17) is 17.4 Å². The van der Waals surface area contributed by atoms with Crippen LogP contribution < -0.4 is 11.3 Å². The molecule has 106 valence electrons. The zero-order valence-corrected chi connectivity index (χ0v) is 11.7. The van der Waals surface area contributed by atoms with Crippen LogP contribution in [0.2, 0.25) is 5.02 Å². The monoisotopic (exact) mass is 296 g/mol. The predicted octanol–water partition coefficient (Wildman–Crippen LogP) is 3.67. The van der Waals surface area contributed by atoms with Crippen LogP contribution in [0.25, 0.3) is 0 Å². The third-order valence-electron chi connectivity index (χ3n) is 3.28. The Morgan fingerprint density at radius 3 is 2.55 bits per heavy atom. The summed E-state index contributed by atoms with van der Waals surface area (Å²) in [6, 6.07) is 8.87. The van der Waals surface area contributed by atoms with Gasteiger partial charge >= 0.3 is 0 Å². The number of halogens is 3. The number of rotatable bonds is 4. The molecule has 0 aliphatic rings. The van der Waals surface area contributed by atoms with Gasteiger partial charge in [0.15, 0.2) is 0 Å². The number of hydrogen-bond acceptors (Lipinski definition) is 2. The average molecular weight is 297 g/mol. The molecule has 1 unspecified atom stereocenters. The van der Waals surface area contributed by atoms with E-state index in [-0.39, 0.29) is 16.9 Å². The van der Waals surface area contributed by atoms with Gasteiger partial charge in [-0.25, -0.2) is 8.78 Å². The zero-order chi connectivity index (χ0) is 14.7. The molecule has 2 aromatic carbocycles. The van der Waals surface area contributed by atoms with Crippen LogP contribution in [0.5, 0.6) is 0 Å². The van der Waals surface area contributed by atoms with Gasteiger partial charge in [-0.3, -0.25) is 11.3 Å². The van der Waals surface area contributed by atoms with Crippen molar-refractivity contribution in [3.8, 4) is 0 Å². The van der Waals surface area contributed by atoms with Gasteiger partial charge in [-0.2, -0.15) is 0 Å². The number of aryl methyl sites for hydroxylation is 1. The van der Waals surface area contributed by atoms with Gasteiger partial charge in [0.25, 0.3) is 0 Å². The topological polar surface area (TPSA) is 38.0 Å². The normalized spacial score (nSPS) is 12.4. The summed E-state index contributed by atoms with van der Waals surface area (Å²) >= 11 is 5.66. The first-order valence-electron chi connectivity index (χ1n) is 6.17. The molecular weight excluding hydrogens is 282 g/mol. The molecule has 20 heavy (non-hydrogen) atoms. The number of hydrazine groups is 1. The van der Waals surface area contributed by atoms with Gasteiger partial charge in [-0.15, -0.1) is 0 Å². The van der Waals surface area contributed by atoms with E-state index in [1.807, 2.05) is 6.92 Å². The maximum absolute atomic E-state index is 13.5. The minimum atomic E-state index is -0.486. The Balaban J connectivity index is 2.26. The summed E-state index contributed by atoms with van der Waals surface area (Å²) < 4.78 is 26.6. The van der Waals surface area contributed by atoms with Crippen LogP contribution in [-0.4, -0.2) is 0 Å². The fourth-order valence-corrected chi connectivity index (χ4v) is 2.23. The Labute approximate surface area is 121 Å². The second-order valence-corrected chi connectivity index (χ2v) is 5.07. The Hall–Kier alpha value is -1.49. The quantitative estimate of drug-likeness (QED) is 0.667. The number of hydrogen-bond donors (Lipinski definition) is 2. The number of nitrogens with one attached hydrogen (secondary N) is 1. The van der Waals surface area contributed by atoms with Gasteiger partial charge in [0.05, 0.1) is 11.1 Å². The van der Waals surface area contributed by atoms with Crippen molar-refractivity contribution in [2.45, 2.75) is 19.4 Å². The molecule has 5 heteroatoms. The molecule has 0 saturated heterocycles. The van der Waals surface area contributed by atoms with Crippen molar-refractivity contribution < 1.29 is 8.78 Å². The van der Waals surface area contributed by atoms with Crippen molar-refractivity contribution in [2.75, 3.05) is 0 Å². The molecule has 0 aromatic heterocycles. The number of nitrogens with two attached hydrogens (primary N) is 1. The van der Waals surface area contributed by atoms with E-state index in [1.54, 1.807) is 12.1 Å². The van der Waals surface area contributed by atoms with Gasteiger partial charge in [0.1, 0.15) is 11.6 Å². The van der Waals surface area contributed by atoms with E-state index in [0.717, 1.165) is 11.1 Å². The summed E-state index contributed by atoms with van der Waals surface area (Å²) in [5.41, 5.74) is 5.13. The predicted molar refractivity (Wildman–Crippen MR) is 76.3 cm³/mol. The zero-order valence-electron chi connectivity index (χ0n) is 11.0. The van der Waals surface area contributed by atoms with E-state index in [2.05, 4.69) is 5.43 Å². The lowest BCUT2D eigenvalue weighted by Gasteiger charge is -2.18. The highest BCUT2D eigenvalue weighted by Crippen LogP contribution is 2.24. The van der Waals surface area contributed by atoms with E-state index in [1.165, 1.54) is 24.3 Å². The minimum Gasteiger partial charge on any atom is -0.271 e. The van der Waals surface area contributed by atoms with Crippen LogP contribution in [0.4, 0.5) is 8.78 Å². The molecule has 0 amide bonds. The van der Waals surface area contributed by atoms with Crippen LogP contribution in [0.3, 0.4) is 0 Å². The molecule has 2 aromatic rings. The van der Waals surface area contributed by atoms with Crippen molar-refractivity contribution in [3.63, 3.8) is 0 Å². The summed E-state index contributed by atoms with van der Waals surface area (Å²) in [5, 5.41) is 0.0717. The summed E-state index contributed by atoms with van der Waals surface area (Å²) in [7, 11) is 0. The van der Waals surface area contributed by atoms with Gasteiger partial charge in [-0.1, -0.05) is 23.7 Å². The molecule has 0 heterocycles. The molecule has 3 N–H and O–H groups in total. The smallest absolute Gasteiger partial charge is 0.142 e. The van der Waals surface area contributed by atoms with Gasteiger partial charge in [-0.05, 0) is 54.3 Å². The first kappa shape index (κ1) is 14.9. The maximum Gasteiger partial charge on any atom is 0.142 e. The first-order valence-corrected chi connectivity index (χ1v) is 6.55. The lowest BCUT2D eigenvalue weighted by Crippen LogP contribution is -2.29. The van der Waals surface area contributed by atoms with Crippen molar-refractivity contribution in [2.24, 2.45) is 5.84 Å². The Morgan fingerprint density at radius 1 is 1.20 bits per heavy atom. The molecule has 2 rings (SSSR count). The molecule has 0 saturated carbocycles. The summed E-state index contributed by atoms with van der Waals surface area (Å²) in [6.07, 6.45) is 0.531. The van der Waals surface area contributed by atoms with Crippen LogP contribution in [0, 0.1) is 18.6 Å². The SMILES string of the molecule is Cc1cc(F)ccc1CC(NN)c1ccc(Cl)c(F)c1. The molecule has 0 aliphatic carbocycles. The fraction of sp³-hybridized carbons (Fsp3) is 0.200. The highest BCUT2D eigenvalue weighted by atomic mass is 35.5. The highest BCUT2D eigenvalue weighted by molar-refractivity contribution is 6.30. The van der Waals surface area contributed by atoms with Gasteiger partial charge in [0.2, 0.25) is 0 Å². The van der Waals surface area contributed by atoms with E-state index >= 15 is 0 Å². The highest BCUT2D eigenvalue weighted by Gasteiger charge is 2.14. The van der Waals surface area contributed by atoms with Gasteiger partial charge < -0.3 is 0 Å². The van der Waals surface area contributed by atoms with Crippen molar-refractivity contribution in [1.82, 2.24) is 5.43 Å². The molecule has 0 radical (unpaired) electrons. The molecule has 0 fully saturated rings. The summed E-state index contributed by atoms with van der Waals surface area (Å²) in [6.45, 7) is 1.83. The van der Waals surface area contributed by atoms with E-state index in [9.17, 15) is 8.78 Å². The van der Waals surface area contributed by atoms with Crippen LogP contribution in [0.1, 0.15) is 22.7 Å². The molecule has 0 aliphatic heterocycles. The molecule has 1 atom stereocenters. The second kappa shape index (κ2) is 6.31. The third-order valence-corrected chi connectivity index (χ3v) is 3.58. The van der Waals surface area contributed by atoms with E-state index < -0.39 is 5.82 Å². The second-order valence-electron chi connectivity index (χ2n) is 4.67. The van der Waals surface area contributed by atoms with E-state index in [0.29, 0.717) is 12.0 Å². The van der Waals surface area contributed by atoms with Crippen molar-refractivity contribution in [3.05, 3.63) is 69.7 Å². The Morgan fingerprint density at radius 2 is 1.95 bits per heavy atom. The molecular formula is C15H15ClF2N2. The largest absolute Gasteiger partial charge is 0.271 e. The Kier molecular flexibility index (Phi) is 4.70. The summed E-state index contributed by atoms with van der Waals surface area (Å²) in [5.74, 6) is 4.78. The molecule has 2 nitrogen and oxygen atoms in total. The van der Waals surface area contributed by atoms with Crippen LogP contribution in [0.15, 0.2) is 36.4 Å². The molecule has 0 spiro atoms. The third kappa shape index (κ3) is 3.33. The first-order chi connectivity index (χ1) is 9.51. The minimum absolute atomic E-state index is 0.0717. The maximum atomic E-state index is 13.5. The van der Waals surface area contributed by atoms with Crippen LogP contribution >= 0.6 is 11.6 Å². The number of benzene rings is 2. The molecule has 0 bridgehead atoms. The average Bonchev–Trinajstić information content (AvgIpc) is 2.41. The summed E-state index contributed by atoms with van der Waals surface area (Å²) in [4.78, 5) is 0.